The number of nitrogens with one attached hydrogen (secondary N) is 1. The number of nitrogens with zero attached hydrogens (tertiary/aromatic N) is 1. The summed E-state index contributed by atoms with van der Waals surface area (Å²) < 4.78 is 0. The van der Waals surface area contributed by atoms with Crippen LogP contribution < -0.4 is 5.32 Å². The van der Waals surface area contributed by atoms with Crippen molar-refractivity contribution in [3.63, 3.8) is 0 Å². The fraction of sp³-hybridized carbons (Fsp3) is 0.250. The van der Waals surface area contributed by atoms with Crippen LogP contribution in [0.25, 0.3) is 0 Å². The van der Waals surface area contributed by atoms with Crippen molar-refractivity contribution in [2.45, 2.75) is 11.8 Å². The van der Waals surface area contributed by atoms with Gasteiger partial charge in [0.25, 0.3) is 5.24 Å². The Labute approximate surface area is 114 Å². The molecule has 0 saturated heterocycles. The average Bonchev–Trinajstić information content (AvgIpc) is 2.29. The van der Waals surface area contributed by atoms with E-state index >= 15 is 0 Å². The van der Waals surface area contributed by atoms with Crippen LogP contribution in [-0.2, 0) is 4.79 Å². The number of benzene rings is 1. The van der Waals surface area contributed by atoms with Crippen molar-refractivity contribution in [2.75, 3.05) is 19.4 Å². The molecule has 1 aromatic rings. The van der Waals surface area contributed by atoms with Crippen molar-refractivity contribution in [2.24, 2.45) is 0 Å². The van der Waals surface area contributed by atoms with E-state index in [0.29, 0.717) is 10.6 Å². The third-order valence-corrected chi connectivity index (χ3v) is 3.21. The number of hydrogen-bond donors (Lipinski definition) is 2. The van der Waals surface area contributed by atoms with E-state index in [4.69, 9.17) is 5.11 Å². The number of anilines is 1. The molecular weight excluding hydrogens is 268 g/mol. The second-order valence-corrected chi connectivity index (χ2v) is 4.95. The molecule has 2 amide bonds. The molecule has 19 heavy (non-hydrogen) atoms. The van der Waals surface area contributed by atoms with Gasteiger partial charge in [-0.1, -0.05) is 0 Å². The highest BCUT2D eigenvalue weighted by Gasteiger charge is 2.16. The minimum Gasteiger partial charge on any atom is -0.478 e. The first-order chi connectivity index (χ1) is 8.81. The normalized spacial score (nSPS) is 9.84. The molecule has 6 nitrogen and oxygen atoms in total. The lowest BCUT2D eigenvalue weighted by molar-refractivity contribution is -0.114. The predicted octanol–water partition coefficient (Wildman–Crippen LogP) is 2.12. The number of carbonyl (C=O) groups is 3. The van der Waals surface area contributed by atoms with Gasteiger partial charge in [0, 0.05) is 31.6 Å². The van der Waals surface area contributed by atoms with Gasteiger partial charge in [0.1, 0.15) is 0 Å². The topological polar surface area (TPSA) is 86.7 Å². The second-order valence-electron chi connectivity index (χ2n) is 3.96. The van der Waals surface area contributed by atoms with Gasteiger partial charge in [0.15, 0.2) is 0 Å². The minimum atomic E-state index is -1.15. The number of aromatic carboxylic acids is 1. The number of rotatable bonds is 3. The lowest BCUT2D eigenvalue weighted by Gasteiger charge is -2.12. The number of amides is 2. The van der Waals surface area contributed by atoms with Crippen LogP contribution in [0.5, 0.6) is 0 Å². The summed E-state index contributed by atoms with van der Waals surface area (Å²) in [5, 5.41) is 11.4. The van der Waals surface area contributed by atoms with Crippen molar-refractivity contribution in [1.82, 2.24) is 4.90 Å². The Balaban J connectivity index is 3.08. The highest BCUT2D eigenvalue weighted by atomic mass is 32.2. The van der Waals surface area contributed by atoms with Gasteiger partial charge in [0.2, 0.25) is 5.91 Å². The summed E-state index contributed by atoms with van der Waals surface area (Å²) in [6.07, 6.45) is 0. The summed E-state index contributed by atoms with van der Waals surface area (Å²) in [5.41, 5.74) is 0.359. The fourth-order valence-corrected chi connectivity index (χ4v) is 2.02. The van der Waals surface area contributed by atoms with E-state index in [2.05, 4.69) is 5.32 Å². The monoisotopic (exact) mass is 282 g/mol. The first kappa shape index (κ1) is 15.0. The molecule has 1 aromatic carbocycles. The zero-order chi connectivity index (χ0) is 14.6. The molecule has 7 heteroatoms. The number of hydrogen-bond acceptors (Lipinski definition) is 4. The van der Waals surface area contributed by atoms with E-state index in [0.717, 1.165) is 11.8 Å². The van der Waals surface area contributed by atoms with Crippen molar-refractivity contribution in [1.29, 1.82) is 0 Å². The molecule has 0 aliphatic carbocycles. The second kappa shape index (κ2) is 6.24. The molecule has 0 atom stereocenters. The van der Waals surface area contributed by atoms with Crippen molar-refractivity contribution >= 4 is 34.6 Å². The van der Waals surface area contributed by atoms with Crippen LogP contribution in [0.2, 0.25) is 0 Å². The van der Waals surface area contributed by atoms with Gasteiger partial charge in [-0.25, -0.2) is 4.79 Å². The molecule has 0 bridgehead atoms. The molecule has 0 saturated carbocycles. The van der Waals surface area contributed by atoms with E-state index in [9.17, 15) is 14.4 Å². The zero-order valence-corrected chi connectivity index (χ0v) is 11.6. The summed E-state index contributed by atoms with van der Waals surface area (Å²) in [5.74, 6) is -1.44. The van der Waals surface area contributed by atoms with Crippen molar-refractivity contribution in [3.05, 3.63) is 23.8 Å². The third-order valence-electron chi connectivity index (χ3n) is 2.09. The largest absolute Gasteiger partial charge is 0.478 e. The molecular formula is C12H14N2O4S. The molecule has 0 radical (unpaired) electrons. The Morgan fingerprint density at radius 1 is 1.26 bits per heavy atom. The molecule has 0 spiro atoms. The molecule has 0 aliphatic rings. The van der Waals surface area contributed by atoms with Gasteiger partial charge in [-0.05, 0) is 30.0 Å². The molecule has 0 heterocycles. The smallest absolute Gasteiger partial charge is 0.336 e. The molecule has 1 rings (SSSR count). The van der Waals surface area contributed by atoms with Gasteiger partial charge in [0.05, 0.1) is 5.56 Å². The maximum absolute atomic E-state index is 11.6. The summed E-state index contributed by atoms with van der Waals surface area (Å²) in [7, 11) is 3.17. The standard InChI is InChI=1S/C12H14N2O4S/c1-7(15)13-8-4-5-10(9(6-8)11(16)17)19-12(18)14(2)3/h4-6H,1-3H3,(H,13,15)(H,16,17). The first-order valence-electron chi connectivity index (χ1n) is 5.35. The van der Waals surface area contributed by atoms with E-state index in [1.165, 1.54) is 24.0 Å². The maximum atomic E-state index is 11.6. The van der Waals surface area contributed by atoms with Crippen LogP contribution in [0.4, 0.5) is 10.5 Å². The van der Waals surface area contributed by atoms with Gasteiger partial charge >= 0.3 is 5.97 Å². The molecule has 0 aliphatic heterocycles. The highest BCUT2D eigenvalue weighted by Crippen LogP contribution is 2.27. The minimum absolute atomic E-state index is 0.0218. The van der Waals surface area contributed by atoms with E-state index < -0.39 is 5.97 Å². The molecule has 102 valence electrons. The van der Waals surface area contributed by atoms with Crippen LogP contribution >= 0.6 is 11.8 Å². The number of thioether (sulfide) groups is 1. The average molecular weight is 282 g/mol. The first-order valence-corrected chi connectivity index (χ1v) is 6.17. The van der Waals surface area contributed by atoms with Crippen molar-refractivity contribution in [3.8, 4) is 0 Å². The summed E-state index contributed by atoms with van der Waals surface area (Å²) >= 11 is 0.828. The van der Waals surface area contributed by atoms with Crippen LogP contribution in [-0.4, -0.2) is 41.2 Å². The Morgan fingerprint density at radius 2 is 1.89 bits per heavy atom. The molecule has 2 N–H and O–H groups in total. The fourth-order valence-electron chi connectivity index (χ4n) is 1.25. The summed E-state index contributed by atoms with van der Waals surface area (Å²) in [6, 6.07) is 4.38. The van der Waals surface area contributed by atoms with Gasteiger partial charge < -0.3 is 15.3 Å². The lowest BCUT2D eigenvalue weighted by Crippen LogP contribution is -2.16. The van der Waals surface area contributed by atoms with Gasteiger partial charge in [-0.15, -0.1) is 0 Å². The Morgan fingerprint density at radius 3 is 2.37 bits per heavy atom. The number of carboxylic acid groups (broad SMARTS) is 1. The summed E-state index contributed by atoms with van der Waals surface area (Å²) in [4.78, 5) is 35.4. The third kappa shape index (κ3) is 4.29. The van der Waals surface area contributed by atoms with Crippen LogP contribution in [0, 0.1) is 0 Å². The maximum Gasteiger partial charge on any atom is 0.336 e. The summed E-state index contributed by atoms with van der Waals surface area (Å²) in [6.45, 7) is 1.33. The van der Waals surface area contributed by atoms with Crippen LogP contribution in [0.1, 0.15) is 17.3 Å². The number of carboxylic acids is 1. The Hall–Kier alpha value is -2.02. The van der Waals surface area contributed by atoms with Crippen molar-refractivity contribution < 1.29 is 19.5 Å². The zero-order valence-electron chi connectivity index (χ0n) is 10.8. The van der Waals surface area contributed by atoms with Gasteiger partial charge in [-0.3, -0.25) is 9.59 Å². The highest BCUT2D eigenvalue weighted by molar-refractivity contribution is 8.13. The Bertz CT molecular complexity index is 528. The quantitative estimate of drug-likeness (QED) is 0.829. The van der Waals surface area contributed by atoms with E-state index in [1.807, 2.05) is 0 Å². The molecule has 0 unspecified atom stereocenters. The van der Waals surface area contributed by atoms with Gasteiger partial charge in [-0.2, -0.15) is 0 Å². The van der Waals surface area contributed by atoms with Crippen LogP contribution in [0.15, 0.2) is 23.1 Å². The molecule has 0 fully saturated rings. The number of carbonyl (C=O) groups excluding carboxylic acids is 2. The molecule has 0 aromatic heterocycles. The predicted molar refractivity (Wildman–Crippen MR) is 72.6 cm³/mol. The van der Waals surface area contributed by atoms with E-state index in [-0.39, 0.29) is 16.7 Å². The van der Waals surface area contributed by atoms with E-state index in [1.54, 1.807) is 20.2 Å². The SMILES string of the molecule is CC(=O)Nc1ccc(SC(=O)N(C)C)c(C(=O)O)c1. The Kier molecular flexibility index (Phi) is 4.94. The lowest BCUT2D eigenvalue weighted by atomic mass is 10.2. The van der Waals surface area contributed by atoms with Crippen LogP contribution in [0.3, 0.4) is 0 Å².